The Bertz CT molecular complexity index is 2940. The largest absolute Gasteiger partial charge is 0.422 e. The van der Waals surface area contributed by atoms with E-state index in [1.54, 1.807) is 6.07 Å². The van der Waals surface area contributed by atoms with Crippen molar-refractivity contribution in [2.24, 2.45) is 0 Å². The normalized spacial score (nSPS) is 11.5. The number of nitrogens with two attached hydrogens (primary N) is 1. The minimum absolute atomic E-state index is 0.362. The van der Waals surface area contributed by atoms with Gasteiger partial charge in [0.25, 0.3) is 0 Å². The van der Waals surface area contributed by atoms with Gasteiger partial charge in [-0.1, -0.05) is 103 Å². The smallest absolute Gasteiger partial charge is 0.344 e. The minimum Gasteiger partial charge on any atom is -0.422 e. The Kier molecular flexibility index (Phi) is 6.74. The topological polar surface area (TPSA) is 86.4 Å². The van der Waals surface area contributed by atoms with Crippen LogP contribution in [0.2, 0.25) is 0 Å². The van der Waals surface area contributed by atoms with Crippen LogP contribution in [0.3, 0.4) is 0 Å². The molecule has 2 heterocycles. The molecular weight excluding hydrogens is 618 g/mol. The predicted octanol–water partition coefficient (Wildman–Crippen LogP) is 10.8. The second-order valence-corrected chi connectivity index (χ2v) is 12.7. The van der Waals surface area contributed by atoms with Gasteiger partial charge in [0.2, 0.25) is 0 Å². The van der Waals surface area contributed by atoms with E-state index in [1.807, 2.05) is 85.8 Å². The lowest BCUT2D eigenvalue weighted by molar-refractivity contribution is 0.562. The van der Waals surface area contributed by atoms with Gasteiger partial charge in [-0.15, -0.1) is 0 Å². The third-order valence-corrected chi connectivity index (χ3v) is 9.69. The summed E-state index contributed by atoms with van der Waals surface area (Å²) < 4.78 is 11.5. The zero-order valence-electron chi connectivity index (χ0n) is 27.1. The number of aryl methyl sites for hydroxylation is 1. The highest BCUT2D eigenvalue weighted by Crippen LogP contribution is 2.38. The van der Waals surface area contributed by atoms with Crippen LogP contribution in [0.4, 0.5) is 5.69 Å². The van der Waals surface area contributed by atoms with Crippen molar-refractivity contribution in [1.82, 2.24) is 0 Å². The van der Waals surface area contributed by atoms with Crippen molar-refractivity contribution in [3.63, 3.8) is 0 Å². The highest BCUT2D eigenvalue weighted by Gasteiger charge is 2.16. The van der Waals surface area contributed by atoms with Crippen LogP contribution >= 0.6 is 0 Å². The first kappa shape index (κ1) is 29.4. The number of rotatable bonds is 4. The molecule has 50 heavy (non-hydrogen) atoms. The molecule has 0 radical (unpaired) electrons. The lowest BCUT2D eigenvalue weighted by Crippen LogP contribution is -2.06. The monoisotopic (exact) mass is 647 g/mol. The van der Waals surface area contributed by atoms with Crippen LogP contribution in [0.5, 0.6) is 0 Å². The summed E-state index contributed by atoms with van der Waals surface area (Å²) in [5.74, 6) is 0. The van der Waals surface area contributed by atoms with Gasteiger partial charge in [0.1, 0.15) is 11.2 Å². The summed E-state index contributed by atoms with van der Waals surface area (Å²) in [6.07, 6.45) is 0. The second-order valence-electron chi connectivity index (χ2n) is 12.7. The van der Waals surface area contributed by atoms with Crippen molar-refractivity contribution in [3.05, 3.63) is 172 Å². The molecule has 0 aliphatic carbocycles. The van der Waals surface area contributed by atoms with Gasteiger partial charge in [-0.05, 0) is 104 Å². The van der Waals surface area contributed by atoms with E-state index in [0.29, 0.717) is 28.0 Å². The van der Waals surface area contributed by atoms with Crippen molar-refractivity contribution >= 4 is 49.2 Å². The maximum atomic E-state index is 13.2. The molecule has 0 saturated carbocycles. The average Bonchev–Trinajstić information content (AvgIpc) is 3.13. The van der Waals surface area contributed by atoms with Gasteiger partial charge in [-0.2, -0.15) is 0 Å². The Morgan fingerprint density at radius 1 is 0.440 bits per heavy atom. The molecule has 0 atom stereocenters. The standard InChI is InChI=1S/C45H29NO4/c1-26-35-18-17-34(46)25-42(35)50-45(48)43(26)32-10-6-9-31(22-32)37-20-19-36(38-11-4-5-12-39(37)38)27-13-15-28(16-14-27)40-23-33-21-29-7-2-3-8-30(29)24-41(33)49-44(40)47/h2-25H,46H2,1H3. The molecule has 5 nitrogen and oxygen atoms in total. The third-order valence-electron chi connectivity index (χ3n) is 9.69. The van der Waals surface area contributed by atoms with E-state index in [0.717, 1.165) is 71.3 Å². The van der Waals surface area contributed by atoms with Gasteiger partial charge >= 0.3 is 11.3 Å². The van der Waals surface area contributed by atoms with E-state index >= 15 is 0 Å². The Balaban J connectivity index is 1.10. The molecule has 0 spiro atoms. The molecule has 0 aliphatic rings. The molecule has 0 fully saturated rings. The van der Waals surface area contributed by atoms with Crippen molar-refractivity contribution in [1.29, 1.82) is 0 Å². The molecule has 9 aromatic rings. The fraction of sp³-hybridized carbons (Fsp3) is 0.0222. The van der Waals surface area contributed by atoms with E-state index in [1.165, 1.54) is 0 Å². The molecule has 7 aromatic carbocycles. The molecule has 2 N–H and O–H groups in total. The molecule has 5 heteroatoms. The van der Waals surface area contributed by atoms with E-state index in [2.05, 4.69) is 60.7 Å². The van der Waals surface area contributed by atoms with Crippen LogP contribution in [-0.2, 0) is 0 Å². The first-order valence-electron chi connectivity index (χ1n) is 16.4. The fourth-order valence-corrected chi connectivity index (χ4v) is 7.19. The summed E-state index contributed by atoms with van der Waals surface area (Å²) in [7, 11) is 0. The second kappa shape index (κ2) is 11.5. The molecular formula is C45H29NO4. The van der Waals surface area contributed by atoms with E-state index in [9.17, 15) is 9.59 Å². The van der Waals surface area contributed by atoms with Crippen LogP contribution in [-0.4, -0.2) is 0 Å². The fourth-order valence-electron chi connectivity index (χ4n) is 7.19. The molecule has 0 amide bonds. The maximum Gasteiger partial charge on any atom is 0.344 e. The van der Waals surface area contributed by atoms with E-state index in [4.69, 9.17) is 14.6 Å². The Morgan fingerprint density at radius 3 is 1.80 bits per heavy atom. The van der Waals surface area contributed by atoms with Gasteiger partial charge in [0.05, 0.1) is 11.1 Å². The van der Waals surface area contributed by atoms with Crippen LogP contribution in [0.25, 0.3) is 88.0 Å². The number of nitrogen functional groups attached to an aromatic ring is 1. The van der Waals surface area contributed by atoms with Gasteiger partial charge < -0.3 is 14.6 Å². The molecule has 0 aliphatic heterocycles. The van der Waals surface area contributed by atoms with Crippen molar-refractivity contribution < 1.29 is 8.83 Å². The lowest BCUT2D eigenvalue weighted by Gasteiger charge is -2.14. The van der Waals surface area contributed by atoms with E-state index in [-0.39, 0.29) is 5.63 Å². The van der Waals surface area contributed by atoms with Crippen LogP contribution in [0.1, 0.15) is 5.56 Å². The number of benzene rings is 7. The first-order chi connectivity index (χ1) is 24.4. The maximum absolute atomic E-state index is 13.2. The third kappa shape index (κ3) is 4.87. The van der Waals surface area contributed by atoms with Gasteiger partial charge in [0, 0.05) is 22.5 Å². The Hall–Kier alpha value is -6.72. The van der Waals surface area contributed by atoms with Crippen LogP contribution in [0.15, 0.2) is 164 Å². The summed E-state index contributed by atoms with van der Waals surface area (Å²) >= 11 is 0. The van der Waals surface area contributed by atoms with Crippen LogP contribution < -0.4 is 17.0 Å². The summed E-state index contributed by atoms with van der Waals surface area (Å²) in [6, 6.07) is 48.0. The first-order valence-corrected chi connectivity index (χ1v) is 16.4. The molecule has 0 bridgehead atoms. The number of fused-ring (bicyclic) bond motifs is 4. The van der Waals surface area contributed by atoms with Gasteiger partial charge in [-0.25, -0.2) is 9.59 Å². The number of anilines is 1. The number of hydrogen-bond acceptors (Lipinski definition) is 5. The quantitative estimate of drug-likeness (QED) is 0.117. The van der Waals surface area contributed by atoms with Gasteiger partial charge in [0.15, 0.2) is 0 Å². The highest BCUT2D eigenvalue weighted by molar-refractivity contribution is 6.05. The molecule has 0 saturated heterocycles. The average molecular weight is 648 g/mol. The number of hydrogen-bond donors (Lipinski definition) is 1. The van der Waals surface area contributed by atoms with Crippen molar-refractivity contribution in [2.45, 2.75) is 6.92 Å². The minimum atomic E-state index is -0.392. The van der Waals surface area contributed by atoms with Crippen LogP contribution in [0, 0.1) is 6.92 Å². The van der Waals surface area contributed by atoms with Crippen molar-refractivity contribution in [3.8, 4) is 44.5 Å². The Morgan fingerprint density at radius 2 is 1.06 bits per heavy atom. The summed E-state index contributed by atoms with van der Waals surface area (Å²) in [5.41, 5.74) is 14.5. The summed E-state index contributed by atoms with van der Waals surface area (Å²) in [6.45, 7) is 1.95. The Labute approximate surface area is 286 Å². The summed E-state index contributed by atoms with van der Waals surface area (Å²) in [4.78, 5) is 26.3. The highest BCUT2D eigenvalue weighted by atomic mass is 16.4. The van der Waals surface area contributed by atoms with Crippen molar-refractivity contribution in [2.75, 3.05) is 5.73 Å². The molecule has 238 valence electrons. The SMILES string of the molecule is Cc1c(-c2cccc(-c3ccc(-c4ccc(-c5cc6cc7ccccc7cc6oc5=O)cc4)c4ccccc34)c2)c(=O)oc2cc(N)ccc12. The lowest BCUT2D eigenvalue weighted by atomic mass is 9.90. The summed E-state index contributed by atoms with van der Waals surface area (Å²) in [5, 5.41) is 6.05. The zero-order valence-corrected chi connectivity index (χ0v) is 27.1. The van der Waals surface area contributed by atoms with Gasteiger partial charge in [-0.3, -0.25) is 0 Å². The predicted molar refractivity (Wildman–Crippen MR) is 204 cm³/mol. The molecule has 0 unspecified atom stereocenters. The van der Waals surface area contributed by atoms with E-state index < -0.39 is 5.63 Å². The molecule has 2 aromatic heterocycles. The molecule has 9 rings (SSSR count). The zero-order chi connectivity index (χ0) is 33.9.